The first-order valence-corrected chi connectivity index (χ1v) is 11.2. The molecule has 0 radical (unpaired) electrons. The molecule has 1 aliphatic rings. The van der Waals surface area contributed by atoms with Crippen LogP contribution in [0.4, 0.5) is 4.79 Å². The monoisotopic (exact) mass is 486 g/mol. The molecule has 0 unspecified atom stereocenters. The van der Waals surface area contributed by atoms with E-state index in [2.05, 4.69) is 5.32 Å². The van der Waals surface area contributed by atoms with Gasteiger partial charge in [0.25, 0.3) is 11.8 Å². The molecule has 1 aliphatic heterocycles. The van der Waals surface area contributed by atoms with E-state index in [4.69, 9.17) is 20.8 Å². The Morgan fingerprint density at radius 2 is 1.74 bits per heavy atom. The largest absolute Gasteiger partial charge is 0.488 e. The topological polar surface area (TPSA) is 88.9 Å². The number of hydrogen-bond donors (Lipinski definition) is 1. The van der Waals surface area contributed by atoms with E-state index in [0.29, 0.717) is 22.1 Å². The predicted molar refractivity (Wildman–Crippen MR) is 131 cm³/mol. The van der Waals surface area contributed by atoms with Gasteiger partial charge in [0.05, 0.1) is 12.8 Å². The summed E-state index contributed by atoms with van der Waals surface area (Å²) < 4.78 is 11.4. The molecule has 35 heavy (non-hydrogen) atoms. The van der Waals surface area contributed by atoms with Gasteiger partial charge in [-0.05, 0) is 41.1 Å². The zero-order valence-corrected chi connectivity index (χ0v) is 19.1. The molecule has 0 bridgehead atoms. The minimum absolute atomic E-state index is 0.103. The van der Waals surface area contributed by atoms with E-state index in [-0.39, 0.29) is 18.7 Å². The van der Waals surface area contributed by atoms with Crippen LogP contribution in [0, 0.1) is 0 Å². The maximum Gasteiger partial charge on any atom is 0.331 e. The maximum atomic E-state index is 13.2. The lowest BCUT2D eigenvalue weighted by Crippen LogP contribution is -2.53. The van der Waals surface area contributed by atoms with Crippen LogP contribution in [0.3, 0.4) is 0 Å². The molecule has 2 heterocycles. The van der Waals surface area contributed by atoms with Crippen molar-refractivity contribution in [2.24, 2.45) is 0 Å². The molecular formula is C27H19ClN2O5. The van der Waals surface area contributed by atoms with Crippen LogP contribution in [0.2, 0.25) is 5.02 Å². The van der Waals surface area contributed by atoms with E-state index in [1.54, 1.807) is 24.3 Å². The Bertz CT molecular complexity index is 1480. The first-order chi connectivity index (χ1) is 17.0. The number of fused-ring (bicyclic) bond motifs is 1. The van der Waals surface area contributed by atoms with Crippen molar-refractivity contribution in [1.29, 1.82) is 0 Å². The van der Waals surface area contributed by atoms with Gasteiger partial charge in [0.1, 0.15) is 23.7 Å². The third kappa shape index (κ3) is 4.54. The van der Waals surface area contributed by atoms with Gasteiger partial charge in [-0.15, -0.1) is 0 Å². The molecule has 7 nitrogen and oxygen atoms in total. The predicted octanol–water partition coefficient (Wildman–Crippen LogP) is 5.33. The molecule has 0 spiro atoms. The molecule has 174 valence electrons. The van der Waals surface area contributed by atoms with Gasteiger partial charge < -0.3 is 9.15 Å². The summed E-state index contributed by atoms with van der Waals surface area (Å²) in [5.74, 6) is -0.622. The molecule has 4 amide bonds. The van der Waals surface area contributed by atoms with Crippen LogP contribution < -0.4 is 10.1 Å². The lowest BCUT2D eigenvalue weighted by atomic mass is 9.99. The minimum Gasteiger partial charge on any atom is -0.488 e. The summed E-state index contributed by atoms with van der Waals surface area (Å²) >= 11 is 6.27. The van der Waals surface area contributed by atoms with Crippen molar-refractivity contribution in [3.8, 4) is 5.75 Å². The van der Waals surface area contributed by atoms with Crippen LogP contribution in [0.5, 0.6) is 5.75 Å². The summed E-state index contributed by atoms with van der Waals surface area (Å²) in [6.07, 6.45) is 2.91. The number of amides is 4. The van der Waals surface area contributed by atoms with Crippen molar-refractivity contribution < 1.29 is 23.5 Å². The Balaban J connectivity index is 1.55. The maximum absolute atomic E-state index is 13.2. The molecule has 1 aromatic heterocycles. The van der Waals surface area contributed by atoms with Crippen molar-refractivity contribution in [3.05, 3.63) is 107 Å². The molecule has 5 rings (SSSR count). The van der Waals surface area contributed by atoms with Crippen molar-refractivity contribution in [3.63, 3.8) is 0 Å². The fraction of sp³-hybridized carbons (Fsp3) is 0.0741. The highest BCUT2D eigenvalue weighted by Crippen LogP contribution is 2.32. The number of carbonyl (C=O) groups is 3. The average molecular weight is 487 g/mol. The normalized spacial score (nSPS) is 15.1. The summed E-state index contributed by atoms with van der Waals surface area (Å²) in [5, 5.41) is 4.49. The third-order valence-electron chi connectivity index (χ3n) is 5.64. The lowest BCUT2D eigenvalue weighted by Gasteiger charge is -2.25. The Morgan fingerprint density at radius 1 is 0.943 bits per heavy atom. The number of rotatable bonds is 6. The highest BCUT2D eigenvalue weighted by molar-refractivity contribution is 6.31. The summed E-state index contributed by atoms with van der Waals surface area (Å²) in [6.45, 7) is 0.0884. The molecular weight excluding hydrogens is 468 g/mol. The number of barbiturate groups is 1. The Hall–Kier alpha value is -4.36. The molecule has 3 aromatic carbocycles. The molecule has 4 aromatic rings. The van der Waals surface area contributed by atoms with E-state index in [0.717, 1.165) is 21.2 Å². The number of hydrogen-bond acceptors (Lipinski definition) is 5. The smallest absolute Gasteiger partial charge is 0.331 e. The molecule has 1 N–H and O–H groups in total. The Labute approximate surface area is 205 Å². The summed E-state index contributed by atoms with van der Waals surface area (Å²) in [4.78, 5) is 39.2. The van der Waals surface area contributed by atoms with Gasteiger partial charge in [0.15, 0.2) is 0 Å². The number of imide groups is 2. The Morgan fingerprint density at radius 3 is 2.54 bits per heavy atom. The first kappa shape index (κ1) is 22.4. The van der Waals surface area contributed by atoms with Gasteiger partial charge >= 0.3 is 6.03 Å². The second kappa shape index (κ2) is 9.48. The second-order valence-corrected chi connectivity index (χ2v) is 8.27. The van der Waals surface area contributed by atoms with E-state index in [1.807, 2.05) is 48.5 Å². The molecule has 0 aliphatic carbocycles. The standard InChI is InChI=1S/C27H19ClN2O5/c28-23-10-4-2-7-18(23)16-35-24-12-11-17-6-1-3-9-20(17)21(24)14-22-25(31)29-27(33)30(26(22)32)15-19-8-5-13-34-19/h1-14H,15-16H2,(H,29,31,33)/b22-14+. The fourth-order valence-electron chi connectivity index (χ4n) is 3.86. The van der Waals surface area contributed by atoms with Gasteiger partial charge in [-0.25, -0.2) is 4.79 Å². The van der Waals surface area contributed by atoms with E-state index in [1.165, 1.54) is 12.3 Å². The summed E-state index contributed by atoms with van der Waals surface area (Å²) in [6, 6.07) is 21.1. The van der Waals surface area contributed by atoms with E-state index in [9.17, 15) is 14.4 Å². The number of carbonyl (C=O) groups excluding carboxylic acids is 3. The van der Waals surface area contributed by atoms with Crippen molar-refractivity contribution in [2.75, 3.05) is 0 Å². The van der Waals surface area contributed by atoms with Gasteiger partial charge in [-0.1, -0.05) is 60.1 Å². The van der Waals surface area contributed by atoms with Gasteiger partial charge in [-0.3, -0.25) is 19.8 Å². The van der Waals surface area contributed by atoms with Crippen molar-refractivity contribution in [2.45, 2.75) is 13.2 Å². The van der Waals surface area contributed by atoms with Crippen molar-refractivity contribution >= 4 is 46.3 Å². The van der Waals surface area contributed by atoms with Crippen LogP contribution in [-0.4, -0.2) is 22.7 Å². The van der Waals surface area contributed by atoms with Gasteiger partial charge in [-0.2, -0.15) is 0 Å². The van der Waals surface area contributed by atoms with Crippen LogP contribution in [0.15, 0.2) is 89.0 Å². The van der Waals surface area contributed by atoms with Gasteiger partial charge in [0, 0.05) is 16.1 Å². The zero-order chi connectivity index (χ0) is 24.4. The van der Waals surface area contributed by atoms with Crippen molar-refractivity contribution in [1.82, 2.24) is 10.2 Å². The van der Waals surface area contributed by atoms with Crippen LogP contribution in [0.25, 0.3) is 16.8 Å². The summed E-state index contributed by atoms with van der Waals surface area (Å²) in [5.41, 5.74) is 1.15. The highest BCUT2D eigenvalue weighted by Gasteiger charge is 2.36. The number of ether oxygens (including phenoxy) is 1. The number of halogens is 1. The SMILES string of the molecule is O=C1NC(=O)N(Cc2ccco2)C(=O)/C1=C/c1c(OCc2ccccc2Cl)ccc2ccccc12. The first-order valence-electron chi connectivity index (χ1n) is 10.8. The number of benzene rings is 3. The zero-order valence-electron chi connectivity index (χ0n) is 18.4. The second-order valence-electron chi connectivity index (χ2n) is 7.87. The molecule has 8 heteroatoms. The molecule has 0 saturated carbocycles. The number of furan rings is 1. The van der Waals surface area contributed by atoms with Crippen LogP contribution in [0.1, 0.15) is 16.9 Å². The molecule has 1 fully saturated rings. The summed E-state index contributed by atoms with van der Waals surface area (Å²) in [7, 11) is 0. The quantitative estimate of drug-likeness (QED) is 0.294. The average Bonchev–Trinajstić information content (AvgIpc) is 3.37. The number of nitrogens with zero attached hydrogens (tertiary/aromatic N) is 1. The lowest BCUT2D eigenvalue weighted by molar-refractivity contribution is -0.130. The minimum atomic E-state index is -0.804. The number of nitrogens with one attached hydrogen (secondary N) is 1. The Kier molecular flexibility index (Phi) is 6.08. The van der Waals surface area contributed by atoms with E-state index < -0.39 is 17.8 Å². The van der Waals surface area contributed by atoms with Gasteiger partial charge in [0.2, 0.25) is 0 Å². The van der Waals surface area contributed by atoms with E-state index >= 15 is 0 Å². The fourth-order valence-corrected chi connectivity index (χ4v) is 4.05. The third-order valence-corrected chi connectivity index (χ3v) is 6.01. The molecule has 1 saturated heterocycles. The number of urea groups is 1. The highest BCUT2D eigenvalue weighted by atomic mass is 35.5. The van der Waals surface area contributed by atoms with Crippen LogP contribution >= 0.6 is 11.6 Å². The van der Waals surface area contributed by atoms with Crippen LogP contribution in [-0.2, 0) is 22.7 Å². The molecule has 0 atom stereocenters.